The van der Waals surface area contributed by atoms with Crippen molar-refractivity contribution in [3.8, 4) is 0 Å². The van der Waals surface area contributed by atoms with Gasteiger partial charge in [-0.3, -0.25) is 29.6 Å². The minimum absolute atomic E-state index is 0.0577. The summed E-state index contributed by atoms with van der Waals surface area (Å²) < 4.78 is 36.4. The van der Waals surface area contributed by atoms with Crippen molar-refractivity contribution < 1.29 is 27.9 Å². The minimum atomic E-state index is -1.01. The van der Waals surface area contributed by atoms with E-state index in [1.807, 2.05) is 11.8 Å². The molecule has 5 aliphatic heterocycles. The van der Waals surface area contributed by atoms with Crippen LogP contribution in [0.4, 0.5) is 25.8 Å². The van der Waals surface area contributed by atoms with Crippen molar-refractivity contribution in [3.63, 3.8) is 0 Å². The van der Waals surface area contributed by atoms with Crippen molar-refractivity contribution >= 4 is 52.5 Å². The number of allylic oxidation sites excluding steroid dienone is 1. The number of nitrogens with zero attached hydrogens (tertiary/aromatic N) is 6. The van der Waals surface area contributed by atoms with Crippen molar-refractivity contribution in [2.45, 2.75) is 52.0 Å². The number of nitrogens with one attached hydrogen (secondary N) is 4. The van der Waals surface area contributed by atoms with Crippen LogP contribution in [0, 0.1) is 35.8 Å². The summed E-state index contributed by atoms with van der Waals surface area (Å²) in [5.41, 5.74) is 5.19. The number of hydrogen-bond acceptors (Lipinski definition) is 12. The average Bonchev–Trinajstić information content (AvgIpc) is 3.52. The highest BCUT2D eigenvalue weighted by Gasteiger charge is 2.35. The molecule has 5 aliphatic rings. The van der Waals surface area contributed by atoms with E-state index in [0.717, 1.165) is 63.5 Å². The number of rotatable bonds is 8. The van der Waals surface area contributed by atoms with Crippen molar-refractivity contribution in [2.75, 3.05) is 81.1 Å². The van der Waals surface area contributed by atoms with Gasteiger partial charge in [0.15, 0.2) is 5.88 Å². The number of piperidine rings is 1. The van der Waals surface area contributed by atoms with E-state index in [2.05, 4.69) is 65.7 Å². The van der Waals surface area contributed by atoms with Crippen LogP contribution < -0.4 is 25.8 Å². The lowest BCUT2D eigenvalue weighted by Crippen LogP contribution is -2.54. The standard InChI is InChI=1S/C44H52F2N10O4/c1-26-5-4-14-60-43(48-3)33(20-47)37-17-30(15-27(2)49-37)41(58)52-44-50-36-8-6-28(16-38(36)56(44)21-26)22-53-10-12-54(13-11-53)23-29-24-55(25-29)31-18-34(45)40(35(46)19-31)32-7-9-39(57)51-42(32)59/h6,8,15-20,26,29,32,47-48H,4-5,7,9-14,21-25H2,1-3H3,(H,50,52,58)(H,51,57,59)/b43-33-,47-20?/t26-,32-/m1/s1. The Morgan fingerprint density at radius 2 is 1.72 bits per heavy atom. The number of hydrogen-bond donors (Lipinski definition) is 4. The Labute approximate surface area is 348 Å². The number of carbonyl (C=O) groups excluding carboxylic acids is 3. The van der Waals surface area contributed by atoms with Gasteiger partial charge in [-0.15, -0.1) is 0 Å². The van der Waals surface area contributed by atoms with Crippen LogP contribution in [0.15, 0.2) is 53.3 Å². The van der Waals surface area contributed by atoms with Gasteiger partial charge < -0.3 is 35.5 Å². The first-order valence-electron chi connectivity index (χ1n) is 20.8. The first kappa shape index (κ1) is 41.0. The molecule has 16 heteroatoms. The predicted octanol–water partition coefficient (Wildman–Crippen LogP) is 4.85. The smallest absolute Gasteiger partial charge is 0.280 e. The molecule has 8 rings (SSSR count). The maximum absolute atomic E-state index is 15.1. The van der Waals surface area contributed by atoms with E-state index in [-0.39, 0.29) is 24.3 Å². The van der Waals surface area contributed by atoms with Crippen LogP contribution in [0.5, 0.6) is 0 Å². The fraction of sp³-hybridized carbons (Fsp3) is 0.455. The summed E-state index contributed by atoms with van der Waals surface area (Å²) in [7, 11) is 1.74. The number of piperazine rings is 1. The third kappa shape index (κ3) is 8.75. The number of amides is 3. The molecule has 0 radical (unpaired) electrons. The number of pyridine rings is 1. The summed E-state index contributed by atoms with van der Waals surface area (Å²) in [6, 6.07) is 12.4. The summed E-state index contributed by atoms with van der Waals surface area (Å²) in [4.78, 5) is 55.8. The fourth-order valence-corrected chi connectivity index (χ4v) is 8.92. The molecule has 0 unspecified atom stereocenters. The number of fused-ring (bicyclic) bond motifs is 5. The zero-order valence-corrected chi connectivity index (χ0v) is 34.3. The van der Waals surface area contributed by atoms with Crippen molar-refractivity contribution in [1.82, 2.24) is 25.4 Å². The molecule has 3 amide bonds. The molecule has 0 aliphatic carbocycles. The quantitative estimate of drug-likeness (QED) is 0.182. The third-order valence-corrected chi connectivity index (χ3v) is 12.1. The maximum Gasteiger partial charge on any atom is 0.280 e. The largest absolute Gasteiger partial charge is 0.479 e. The van der Waals surface area contributed by atoms with Crippen LogP contribution in [0.1, 0.15) is 71.4 Å². The van der Waals surface area contributed by atoms with E-state index in [4.69, 9.17) is 10.1 Å². The lowest BCUT2D eigenvalue weighted by Gasteiger charge is -2.45. The molecular formula is C44H52F2N10O4. The van der Waals surface area contributed by atoms with Gasteiger partial charge in [0.1, 0.15) is 11.6 Å². The summed E-state index contributed by atoms with van der Waals surface area (Å²) in [5.74, 6) is -2.43. The average molecular weight is 823 g/mol. The second-order valence-corrected chi connectivity index (χ2v) is 16.6. The van der Waals surface area contributed by atoms with E-state index in [1.165, 1.54) is 23.9 Å². The molecule has 3 fully saturated rings. The highest BCUT2D eigenvalue weighted by Crippen LogP contribution is 2.37. The molecule has 3 aromatic rings. The summed E-state index contributed by atoms with van der Waals surface area (Å²) in [5, 5.41) is 16.8. The van der Waals surface area contributed by atoms with Gasteiger partial charge in [-0.05, 0) is 74.1 Å². The lowest BCUT2D eigenvalue weighted by atomic mass is 9.89. The fourth-order valence-electron chi connectivity index (χ4n) is 8.92. The zero-order valence-electron chi connectivity index (χ0n) is 34.3. The Morgan fingerprint density at radius 1 is 0.967 bits per heavy atom. The number of ether oxygens (including phenoxy) is 1. The predicted molar refractivity (Wildman–Crippen MR) is 226 cm³/mol. The highest BCUT2D eigenvalue weighted by atomic mass is 19.1. The van der Waals surface area contributed by atoms with Gasteiger partial charge in [0, 0.05) is 107 Å². The van der Waals surface area contributed by atoms with Crippen LogP contribution in [0.2, 0.25) is 0 Å². The zero-order chi connectivity index (χ0) is 42.1. The third-order valence-electron chi connectivity index (χ3n) is 12.1. The topological polar surface area (TPSA) is 159 Å². The van der Waals surface area contributed by atoms with Gasteiger partial charge in [-0.2, -0.15) is 4.99 Å². The highest BCUT2D eigenvalue weighted by molar-refractivity contribution is 6.19. The summed E-state index contributed by atoms with van der Waals surface area (Å²) >= 11 is 0. The number of aryl methyl sites for hydroxylation is 1. The number of anilines is 3. The molecule has 2 bridgehead atoms. The molecule has 316 valence electrons. The first-order chi connectivity index (χ1) is 29.0. The van der Waals surface area contributed by atoms with Crippen molar-refractivity contribution in [3.05, 3.63) is 88.1 Å². The molecule has 1 aromatic heterocycles. The van der Waals surface area contributed by atoms with Gasteiger partial charge in [0.05, 0.1) is 35.2 Å². The Kier molecular flexibility index (Phi) is 11.9. The normalized spacial score (nSPS) is 24.1. The first-order valence-corrected chi connectivity index (χ1v) is 20.8. The maximum atomic E-state index is 15.1. The van der Waals surface area contributed by atoms with E-state index in [9.17, 15) is 14.4 Å². The van der Waals surface area contributed by atoms with E-state index in [0.29, 0.717) is 72.2 Å². The molecule has 0 saturated carbocycles. The van der Waals surface area contributed by atoms with Crippen molar-refractivity contribution in [2.24, 2.45) is 16.8 Å². The number of guanidine groups is 1. The number of aromatic nitrogens is 1. The SMILES string of the molecule is CN/C1=C(\C=N)c2cc(cc(C)n2)C(=O)/N=C2\Nc3ccc(CN4CCN(CC5CN(c6cc(F)c([C@H]7CCC(=O)NC7=O)c(F)c6)C5)CC4)cc3N2C[C@H](C)CCCO1. The number of aliphatic imine (C=N–C) groups is 1. The van der Waals surface area contributed by atoms with Crippen LogP contribution in [-0.2, 0) is 20.9 Å². The molecule has 14 nitrogen and oxygen atoms in total. The lowest BCUT2D eigenvalue weighted by molar-refractivity contribution is -0.134. The molecule has 0 spiro atoms. The van der Waals surface area contributed by atoms with Gasteiger partial charge in [0.2, 0.25) is 17.8 Å². The van der Waals surface area contributed by atoms with Crippen LogP contribution >= 0.6 is 0 Å². The second-order valence-electron chi connectivity index (χ2n) is 16.6. The second kappa shape index (κ2) is 17.5. The Bertz CT molecular complexity index is 2230. The van der Waals surface area contributed by atoms with Crippen LogP contribution in [0.3, 0.4) is 0 Å². The molecule has 60 heavy (non-hydrogen) atoms. The molecule has 6 heterocycles. The Hall–Kier alpha value is -5.74. The van der Waals surface area contributed by atoms with Crippen LogP contribution in [-0.4, -0.2) is 111 Å². The number of benzene rings is 2. The van der Waals surface area contributed by atoms with Gasteiger partial charge in [0.25, 0.3) is 5.91 Å². The summed E-state index contributed by atoms with van der Waals surface area (Å²) in [6.07, 6.45) is 3.03. The van der Waals surface area contributed by atoms with Gasteiger partial charge >= 0.3 is 0 Å². The Morgan fingerprint density at radius 3 is 2.43 bits per heavy atom. The molecule has 3 saturated heterocycles. The Balaban J connectivity index is 0.883. The number of carbonyl (C=O) groups is 3. The number of imide groups is 1. The van der Waals surface area contributed by atoms with E-state index < -0.39 is 35.3 Å². The molecule has 4 N–H and O–H groups in total. The van der Waals surface area contributed by atoms with Crippen molar-refractivity contribution in [1.29, 1.82) is 5.41 Å². The molecular weight excluding hydrogens is 771 g/mol. The minimum Gasteiger partial charge on any atom is -0.479 e. The van der Waals surface area contributed by atoms with Crippen LogP contribution in [0.25, 0.3) is 5.57 Å². The molecule has 2 atom stereocenters. The van der Waals surface area contributed by atoms with Gasteiger partial charge in [-0.25, -0.2) is 8.78 Å². The molecule has 2 aromatic carbocycles. The number of halogens is 2. The van der Waals surface area contributed by atoms with Gasteiger partial charge in [-0.1, -0.05) is 13.0 Å². The van der Waals surface area contributed by atoms with E-state index in [1.54, 1.807) is 19.2 Å². The van der Waals surface area contributed by atoms with E-state index >= 15 is 8.78 Å². The monoisotopic (exact) mass is 822 g/mol. The summed E-state index contributed by atoms with van der Waals surface area (Å²) in [6.45, 7) is 11.9.